The van der Waals surface area contributed by atoms with Crippen LogP contribution in [-0.4, -0.2) is 43.7 Å². The maximum Gasteiger partial charge on any atom is 0.128 e. The summed E-state index contributed by atoms with van der Waals surface area (Å²) in [7, 11) is 1.62. The number of nitrogens with one attached hydrogen (secondary N) is 4. The first-order valence-corrected chi connectivity index (χ1v) is 13.8. The van der Waals surface area contributed by atoms with Crippen LogP contribution in [0.3, 0.4) is 0 Å². The summed E-state index contributed by atoms with van der Waals surface area (Å²) in [4.78, 5) is 9.97. The maximum absolute atomic E-state index is 4.74. The quantitative estimate of drug-likeness (QED) is 0.238. The number of aliphatic imine (C=N–C) groups is 1. The van der Waals surface area contributed by atoms with Gasteiger partial charge in [0.15, 0.2) is 0 Å². The number of rotatable bonds is 9. The van der Waals surface area contributed by atoms with Gasteiger partial charge in [0.25, 0.3) is 0 Å². The summed E-state index contributed by atoms with van der Waals surface area (Å²) in [6.45, 7) is 8.46. The summed E-state index contributed by atoms with van der Waals surface area (Å²) < 4.78 is 0. The van der Waals surface area contributed by atoms with E-state index in [0.717, 1.165) is 48.0 Å². The Kier molecular flexibility index (Phi) is 10.7. The second-order valence-corrected chi connectivity index (χ2v) is 9.51. The molecule has 0 aliphatic carbocycles. The molecule has 0 fully saturated rings. The first-order chi connectivity index (χ1) is 20.2. The number of dihydropyridines is 2. The minimum Gasteiger partial charge on any atom is -0.390 e. The molecule has 0 saturated heterocycles. The minimum atomic E-state index is -0.0100. The van der Waals surface area contributed by atoms with Gasteiger partial charge in [-0.25, -0.2) is 0 Å². The topological polar surface area (TPSA) is 103 Å². The normalized spacial score (nSPS) is 18.9. The van der Waals surface area contributed by atoms with Gasteiger partial charge in [-0.05, 0) is 60.1 Å². The van der Waals surface area contributed by atoms with E-state index in [1.165, 1.54) is 17.5 Å². The second kappa shape index (κ2) is 15.1. The second-order valence-electron chi connectivity index (χ2n) is 9.51. The number of aromatic nitrogens is 1. The van der Waals surface area contributed by atoms with Crippen LogP contribution in [-0.2, 0) is 6.54 Å². The molecule has 6 N–H and O–H groups in total. The molecule has 2 unspecified atom stereocenters. The fourth-order valence-corrected chi connectivity index (χ4v) is 4.90. The number of para-hydroxylation sites is 1. The molecular formula is C33H40N8. The Hall–Kier alpha value is -4.82. The lowest BCUT2D eigenvalue weighted by atomic mass is 9.98. The van der Waals surface area contributed by atoms with E-state index in [0.29, 0.717) is 0 Å². The zero-order valence-electron chi connectivity index (χ0n) is 23.8. The highest BCUT2D eigenvalue weighted by atomic mass is 15.3. The number of hydrogen-bond donors (Lipinski definition) is 5. The Bertz CT molecular complexity index is 1360. The standard InChI is InChI=1S/C31H34N6.C2H6N2/c1-3-10-27-29(4-2)37(26-13-6-5-7-14-26)31(36-27)25-15-16-28(34-22-25)30(24-12-9-18-33-21-24)35-20-23-11-8-17-32-19-23;1-4-2-3/h3-17,19,21,30-31,33-36H,2,18,20,22H2,1H3;2H,1H3,(H2,3,4)/b10-3-;. The molecule has 2 aromatic rings. The zero-order chi connectivity index (χ0) is 28.9. The van der Waals surface area contributed by atoms with Crippen molar-refractivity contribution in [1.82, 2.24) is 26.3 Å². The van der Waals surface area contributed by atoms with E-state index in [1.807, 2.05) is 31.3 Å². The molecule has 8 heteroatoms. The van der Waals surface area contributed by atoms with Gasteiger partial charge in [-0.3, -0.25) is 9.98 Å². The van der Waals surface area contributed by atoms with Crippen molar-refractivity contribution < 1.29 is 0 Å². The van der Waals surface area contributed by atoms with Crippen LogP contribution in [0.5, 0.6) is 0 Å². The first kappa shape index (κ1) is 29.2. The van der Waals surface area contributed by atoms with E-state index in [2.05, 4.69) is 116 Å². The van der Waals surface area contributed by atoms with Crippen molar-refractivity contribution in [1.29, 1.82) is 0 Å². The van der Waals surface area contributed by atoms with Gasteiger partial charge in [0, 0.05) is 56.7 Å². The molecule has 0 bridgehead atoms. The monoisotopic (exact) mass is 548 g/mol. The van der Waals surface area contributed by atoms with Gasteiger partial charge in [0.05, 0.1) is 23.8 Å². The molecule has 5 rings (SSSR count). The van der Waals surface area contributed by atoms with Gasteiger partial charge in [-0.1, -0.05) is 55.1 Å². The number of anilines is 1. The Morgan fingerprint density at radius 2 is 2.05 bits per heavy atom. The van der Waals surface area contributed by atoms with Crippen molar-refractivity contribution in [3.8, 4) is 0 Å². The van der Waals surface area contributed by atoms with Gasteiger partial charge < -0.3 is 31.9 Å². The number of pyridine rings is 1. The zero-order valence-corrected chi connectivity index (χ0v) is 23.8. The molecule has 212 valence electrons. The van der Waals surface area contributed by atoms with Crippen LogP contribution in [0.2, 0.25) is 0 Å². The van der Waals surface area contributed by atoms with Crippen LogP contribution in [0, 0.1) is 0 Å². The molecule has 1 aromatic carbocycles. The fraction of sp³-hybridized carbons (Fsp3) is 0.212. The molecule has 1 aromatic heterocycles. The highest BCUT2D eigenvalue weighted by Crippen LogP contribution is 2.33. The molecule has 0 amide bonds. The highest BCUT2D eigenvalue weighted by molar-refractivity contribution is 5.63. The van der Waals surface area contributed by atoms with Crippen LogP contribution in [0.1, 0.15) is 12.5 Å². The maximum atomic E-state index is 4.74. The molecule has 0 saturated carbocycles. The summed E-state index contributed by atoms with van der Waals surface area (Å²) >= 11 is 0. The predicted molar refractivity (Wildman–Crippen MR) is 171 cm³/mol. The van der Waals surface area contributed by atoms with Crippen LogP contribution in [0.4, 0.5) is 5.69 Å². The van der Waals surface area contributed by atoms with E-state index < -0.39 is 0 Å². The van der Waals surface area contributed by atoms with Gasteiger partial charge in [0.2, 0.25) is 0 Å². The highest BCUT2D eigenvalue weighted by Gasteiger charge is 2.33. The third kappa shape index (κ3) is 7.43. The Morgan fingerprint density at radius 1 is 1.22 bits per heavy atom. The van der Waals surface area contributed by atoms with Crippen molar-refractivity contribution >= 4 is 12.0 Å². The lowest BCUT2D eigenvalue weighted by Crippen LogP contribution is -2.45. The smallest absolute Gasteiger partial charge is 0.128 e. The molecular weight excluding hydrogens is 508 g/mol. The lowest BCUT2D eigenvalue weighted by molar-refractivity contribution is 0.578. The summed E-state index contributed by atoms with van der Waals surface area (Å²) in [6, 6.07) is 14.6. The van der Waals surface area contributed by atoms with Crippen LogP contribution < -0.4 is 31.9 Å². The molecule has 3 aliphatic heterocycles. The van der Waals surface area contributed by atoms with Crippen LogP contribution in [0.15, 0.2) is 143 Å². The van der Waals surface area contributed by atoms with Gasteiger partial charge in [0.1, 0.15) is 6.17 Å². The Labute approximate surface area is 243 Å². The number of hydrogen-bond acceptors (Lipinski definition) is 7. The molecule has 8 nitrogen and oxygen atoms in total. The van der Waals surface area contributed by atoms with E-state index in [4.69, 9.17) is 5.73 Å². The average molecular weight is 549 g/mol. The summed E-state index contributed by atoms with van der Waals surface area (Å²) in [6.07, 6.45) is 21.9. The van der Waals surface area contributed by atoms with Crippen LogP contribution >= 0.6 is 0 Å². The third-order valence-electron chi connectivity index (χ3n) is 6.81. The number of allylic oxidation sites excluding steroid dienone is 5. The van der Waals surface area contributed by atoms with Crippen molar-refractivity contribution in [2.45, 2.75) is 25.7 Å². The fourth-order valence-electron chi connectivity index (χ4n) is 4.90. The van der Waals surface area contributed by atoms with Gasteiger partial charge in [-0.15, -0.1) is 0 Å². The number of nitrogens with zero attached hydrogens (tertiary/aromatic N) is 3. The van der Waals surface area contributed by atoms with Crippen molar-refractivity contribution in [3.63, 3.8) is 0 Å². The van der Waals surface area contributed by atoms with Crippen LogP contribution in [0.25, 0.3) is 0 Å². The minimum absolute atomic E-state index is 0.0100. The molecule has 0 spiro atoms. The summed E-state index contributed by atoms with van der Waals surface area (Å²) in [5.41, 5.74) is 12.8. The average Bonchev–Trinajstić information content (AvgIpc) is 3.41. The van der Waals surface area contributed by atoms with Crippen molar-refractivity contribution in [2.75, 3.05) is 25.0 Å². The third-order valence-corrected chi connectivity index (χ3v) is 6.81. The molecule has 4 heterocycles. The Morgan fingerprint density at radius 3 is 2.66 bits per heavy atom. The van der Waals surface area contributed by atoms with Crippen molar-refractivity contribution in [2.24, 2.45) is 10.7 Å². The van der Waals surface area contributed by atoms with Gasteiger partial charge in [-0.2, -0.15) is 0 Å². The van der Waals surface area contributed by atoms with E-state index >= 15 is 0 Å². The summed E-state index contributed by atoms with van der Waals surface area (Å²) in [5.74, 6) is 0. The summed E-state index contributed by atoms with van der Waals surface area (Å²) in [5, 5.41) is 14.5. The molecule has 41 heavy (non-hydrogen) atoms. The Balaban J connectivity index is 0.000000909. The SMILES string of the molecule is C=CC1=C(/C=C\C)NC(C2=CC=C(C(NCc3cccnc3)C3=CNCC=C3)NC2)N1c1ccccc1.CN=CN. The molecule has 3 aliphatic rings. The first-order valence-electron chi connectivity index (χ1n) is 13.8. The predicted octanol–water partition coefficient (Wildman–Crippen LogP) is 4.01. The number of nitrogens with two attached hydrogens (primary N) is 1. The molecule has 0 radical (unpaired) electrons. The van der Waals surface area contributed by atoms with E-state index in [1.54, 1.807) is 13.2 Å². The largest absolute Gasteiger partial charge is 0.390 e. The van der Waals surface area contributed by atoms with E-state index in [9.17, 15) is 0 Å². The van der Waals surface area contributed by atoms with Crippen molar-refractivity contribution in [3.05, 3.63) is 144 Å². The lowest BCUT2D eigenvalue weighted by Gasteiger charge is -2.33. The molecule has 2 atom stereocenters. The number of benzene rings is 1. The van der Waals surface area contributed by atoms with Gasteiger partial charge >= 0.3 is 0 Å². The van der Waals surface area contributed by atoms with E-state index in [-0.39, 0.29) is 12.2 Å².